The van der Waals surface area contributed by atoms with Crippen molar-refractivity contribution in [2.75, 3.05) is 12.9 Å². The average Bonchev–Trinajstić information content (AvgIpc) is 3.19. The highest BCUT2D eigenvalue weighted by Crippen LogP contribution is 2.39. The molecule has 1 aromatic carbocycles. The van der Waals surface area contributed by atoms with Crippen LogP contribution in [0.1, 0.15) is 55.4 Å². The molecule has 3 nitrogen and oxygen atoms in total. The maximum atomic E-state index is 6.30. The van der Waals surface area contributed by atoms with Crippen LogP contribution in [0.15, 0.2) is 42.7 Å². The molecule has 1 saturated carbocycles. The minimum absolute atomic E-state index is 0.334. The summed E-state index contributed by atoms with van der Waals surface area (Å²) in [5.41, 5.74) is 2.64. The van der Waals surface area contributed by atoms with Gasteiger partial charge in [0, 0.05) is 17.6 Å². The molecule has 0 radical (unpaired) electrons. The lowest BCUT2D eigenvalue weighted by Crippen LogP contribution is -2.12. The van der Waals surface area contributed by atoms with E-state index in [4.69, 9.17) is 9.47 Å². The molecule has 0 amide bonds. The van der Waals surface area contributed by atoms with Crippen molar-refractivity contribution in [3.05, 3.63) is 53.9 Å². The SMILES string of the molecule is CCCSC(Cc1ccncc1)c1ccc(OC)c(OC2CCCC2)c1. The summed E-state index contributed by atoms with van der Waals surface area (Å²) >= 11 is 2.02. The van der Waals surface area contributed by atoms with Crippen LogP contribution in [-0.2, 0) is 6.42 Å². The monoisotopic (exact) mass is 371 g/mol. The Morgan fingerprint density at radius 2 is 1.88 bits per heavy atom. The van der Waals surface area contributed by atoms with Crippen molar-refractivity contribution in [1.82, 2.24) is 4.98 Å². The largest absolute Gasteiger partial charge is 0.493 e. The van der Waals surface area contributed by atoms with Gasteiger partial charge in [0.1, 0.15) is 0 Å². The predicted molar refractivity (Wildman–Crippen MR) is 109 cm³/mol. The van der Waals surface area contributed by atoms with Crippen molar-refractivity contribution < 1.29 is 9.47 Å². The van der Waals surface area contributed by atoms with Crippen LogP contribution in [0, 0.1) is 0 Å². The number of benzene rings is 1. The van der Waals surface area contributed by atoms with E-state index in [1.165, 1.54) is 30.4 Å². The fraction of sp³-hybridized carbons (Fsp3) is 0.500. The van der Waals surface area contributed by atoms with Crippen LogP contribution < -0.4 is 9.47 Å². The zero-order valence-electron chi connectivity index (χ0n) is 15.8. The fourth-order valence-electron chi connectivity index (χ4n) is 3.44. The van der Waals surface area contributed by atoms with Gasteiger partial charge in [-0.2, -0.15) is 11.8 Å². The quantitative estimate of drug-likeness (QED) is 0.554. The summed E-state index contributed by atoms with van der Waals surface area (Å²) in [6.07, 6.45) is 11.1. The molecule has 1 aliphatic rings. The first kappa shape index (κ1) is 19.1. The second-order valence-electron chi connectivity index (χ2n) is 6.85. The number of hydrogen-bond donors (Lipinski definition) is 0. The van der Waals surface area contributed by atoms with Gasteiger partial charge in [0.05, 0.1) is 13.2 Å². The second kappa shape index (κ2) is 9.86. The first-order valence-electron chi connectivity index (χ1n) is 9.65. The van der Waals surface area contributed by atoms with Gasteiger partial charge in [0.15, 0.2) is 11.5 Å². The standard InChI is InChI=1S/C22H29NO2S/c1-3-14-26-22(15-17-10-12-23-13-11-17)18-8-9-20(24-2)21(16-18)25-19-6-4-5-7-19/h8-13,16,19,22H,3-7,14-15H2,1-2H3. The minimum atomic E-state index is 0.334. The van der Waals surface area contributed by atoms with E-state index in [0.29, 0.717) is 11.4 Å². The number of aromatic nitrogens is 1. The van der Waals surface area contributed by atoms with Gasteiger partial charge in [0.25, 0.3) is 0 Å². The molecule has 1 heterocycles. The molecule has 0 N–H and O–H groups in total. The Morgan fingerprint density at radius 1 is 1.12 bits per heavy atom. The smallest absolute Gasteiger partial charge is 0.161 e. The second-order valence-corrected chi connectivity index (χ2v) is 8.16. The van der Waals surface area contributed by atoms with Crippen LogP contribution in [0.5, 0.6) is 11.5 Å². The van der Waals surface area contributed by atoms with E-state index in [1.54, 1.807) is 7.11 Å². The van der Waals surface area contributed by atoms with Crippen LogP contribution in [0.2, 0.25) is 0 Å². The molecule has 1 fully saturated rings. The summed E-state index contributed by atoms with van der Waals surface area (Å²) in [6, 6.07) is 10.7. The molecule has 3 rings (SSSR count). The summed E-state index contributed by atoms with van der Waals surface area (Å²) in [5, 5.41) is 0.411. The van der Waals surface area contributed by atoms with E-state index in [-0.39, 0.29) is 0 Å². The molecule has 0 bridgehead atoms. The molecule has 26 heavy (non-hydrogen) atoms. The molecule has 1 aromatic heterocycles. The van der Waals surface area contributed by atoms with Crippen molar-refractivity contribution in [2.24, 2.45) is 0 Å². The highest BCUT2D eigenvalue weighted by Gasteiger charge is 2.20. The molecule has 0 spiro atoms. The Bertz CT molecular complexity index is 671. The predicted octanol–water partition coefficient (Wildman–Crippen LogP) is 5.84. The first-order valence-corrected chi connectivity index (χ1v) is 10.7. The molecule has 0 aliphatic heterocycles. The van der Waals surface area contributed by atoms with Gasteiger partial charge in [-0.15, -0.1) is 0 Å². The number of rotatable bonds is 9. The third-order valence-electron chi connectivity index (χ3n) is 4.85. The van der Waals surface area contributed by atoms with E-state index in [0.717, 1.165) is 36.5 Å². The van der Waals surface area contributed by atoms with E-state index in [1.807, 2.05) is 24.2 Å². The lowest BCUT2D eigenvalue weighted by atomic mass is 10.0. The Morgan fingerprint density at radius 3 is 2.58 bits per heavy atom. The Labute approximate surface area is 161 Å². The van der Waals surface area contributed by atoms with Crippen LogP contribution in [0.3, 0.4) is 0 Å². The van der Waals surface area contributed by atoms with Crippen molar-refractivity contribution >= 4 is 11.8 Å². The minimum Gasteiger partial charge on any atom is -0.493 e. The number of pyridine rings is 1. The van der Waals surface area contributed by atoms with Gasteiger partial charge in [-0.3, -0.25) is 4.98 Å². The Balaban J connectivity index is 1.82. The Hall–Kier alpha value is -1.68. The number of hydrogen-bond acceptors (Lipinski definition) is 4. The lowest BCUT2D eigenvalue weighted by Gasteiger charge is -2.21. The molecule has 0 saturated heterocycles. The van der Waals surface area contributed by atoms with Crippen LogP contribution >= 0.6 is 11.8 Å². The summed E-state index contributed by atoms with van der Waals surface area (Å²) in [6.45, 7) is 2.24. The summed E-state index contributed by atoms with van der Waals surface area (Å²) in [5.74, 6) is 2.89. The van der Waals surface area contributed by atoms with Gasteiger partial charge in [-0.1, -0.05) is 13.0 Å². The molecule has 1 unspecified atom stereocenters. The third kappa shape index (κ3) is 5.16. The molecule has 4 heteroatoms. The van der Waals surface area contributed by atoms with E-state index in [9.17, 15) is 0 Å². The van der Waals surface area contributed by atoms with Crippen molar-refractivity contribution in [1.29, 1.82) is 0 Å². The van der Waals surface area contributed by atoms with E-state index >= 15 is 0 Å². The topological polar surface area (TPSA) is 31.4 Å². The first-order chi connectivity index (χ1) is 12.8. The third-order valence-corrected chi connectivity index (χ3v) is 6.33. The van der Waals surface area contributed by atoms with Crippen LogP contribution in [0.4, 0.5) is 0 Å². The van der Waals surface area contributed by atoms with Gasteiger partial charge in [-0.05, 0) is 79.7 Å². The van der Waals surface area contributed by atoms with Crippen LogP contribution in [-0.4, -0.2) is 24.0 Å². The maximum absolute atomic E-state index is 6.30. The van der Waals surface area contributed by atoms with Gasteiger partial charge in [0.2, 0.25) is 0 Å². The Kier molecular flexibility index (Phi) is 7.24. The summed E-state index contributed by atoms with van der Waals surface area (Å²) < 4.78 is 11.8. The highest BCUT2D eigenvalue weighted by molar-refractivity contribution is 7.99. The van der Waals surface area contributed by atoms with Gasteiger partial charge < -0.3 is 9.47 Å². The number of thioether (sulfide) groups is 1. The zero-order chi connectivity index (χ0) is 18.2. The maximum Gasteiger partial charge on any atom is 0.161 e. The number of ether oxygens (including phenoxy) is 2. The van der Waals surface area contributed by atoms with Gasteiger partial charge >= 0.3 is 0 Å². The number of nitrogens with zero attached hydrogens (tertiary/aromatic N) is 1. The molecular formula is C22H29NO2S. The fourth-order valence-corrected chi connectivity index (χ4v) is 4.61. The summed E-state index contributed by atoms with van der Waals surface area (Å²) in [4.78, 5) is 4.14. The van der Waals surface area contributed by atoms with Crippen LogP contribution in [0.25, 0.3) is 0 Å². The van der Waals surface area contributed by atoms with E-state index in [2.05, 4.69) is 42.2 Å². The summed E-state index contributed by atoms with van der Waals surface area (Å²) in [7, 11) is 1.72. The van der Waals surface area contributed by atoms with Crippen molar-refractivity contribution in [2.45, 2.75) is 56.8 Å². The van der Waals surface area contributed by atoms with Crippen molar-refractivity contribution in [3.63, 3.8) is 0 Å². The lowest BCUT2D eigenvalue weighted by molar-refractivity contribution is 0.200. The van der Waals surface area contributed by atoms with E-state index < -0.39 is 0 Å². The average molecular weight is 372 g/mol. The molecule has 1 atom stereocenters. The molecule has 1 aliphatic carbocycles. The molecular weight excluding hydrogens is 342 g/mol. The highest BCUT2D eigenvalue weighted by atomic mass is 32.2. The number of methoxy groups -OCH3 is 1. The molecule has 2 aromatic rings. The van der Waals surface area contributed by atoms with Crippen molar-refractivity contribution in [3.8, 4) is 11.5 Å². The molecule has 140 valence electrons. The normalized spacial score (nSPS) is 15.8. The zero-order valence-corrected chi connectivity index (χ0v) is 16.6. The van der Waals surface area contributed by atoms with Gasteiger partial charge in [-0.25, -0.2) is 0 Å².